The van der Waals surface area contributed by atoms with Gasteiger partial charge in [0, 0.05) is 39.1 Å². The topological polar surface area (TPSA) is 83.3 Å². The average Bonchev–Trinajstić information content (AvgIpc) is 3.00. The van der Waals surface area contributed by atoms with Crippen molar-refractivity contribution in [3.63, 3.8) is 0 Å². The number of rotatable bonds is 4. The Kier molecular flexibility index (Phi) is 4.29. The van der Waals surface area contributed by atoms with Crippen LogP contribution < -0.4 is 10.2 Å². The fourth-order valence-corrected chi connectivity index (χ4v) is 2.88. The standard InChI is InChI=1S/C16H21N5O2/c1-20-10-13(9-19-20)15(22)18-11-16(23)6-4-8-21(12-16)14-5-2-3-7-17-14/h2-3,5,7,9-10,23H,4,6,8,11-12H2,1H3,(H,18,22)/t16-/m1/s1. The van der Waals surface area contributed by atoms with Gasteiger partial charge in [-0.25, -0.2) is 4.98 Å². The van der Waals surface area contributed by atoms with Gasteiger partial charge in [0.1, 0.15) is 5.82 Å². The summed E-state index contributed by atoms with van der Waals surface area (Å²) >= 11 is 0. The minimum absolute atomic E-state index is 0.212. The molecule has 1 aliphatic rings. The van der Waals surface area contributed by atoms with Crippen LogP contribution in [0.25, 0.3) is 0 Å². The molecule has 1 fully saturated rings. The number of β-amino-alcohol motifs (C(OH)–C–C–N with tert-alkyl or cyclic N) is 1. The van der Waals surface area contributed by atoms with E-state index in [0.29, 0.717) is 18.5 Å². The van der Waals surface area contributed by atoms with E-state index in [1.165, 1.54) is 6.20 Å². The Morgan fingerprint density at radius 1 is 1.48 bits per heavy atom. The third-order valence-corrected chi connectivity index (χ3v) is 4.07. The van der Waals surface area contributed by atoms with Gasteiger partial charge in [0.25, 0.3) is 5.91 Å². The highest BCUT2D eigenvalue weighted by molar-refractivity contribution is 5.93. The lowest BCUT2D eigenvalue weighted by molar-refractivity contribution is 0.0254. The zero-order valence-corrected chi connectivity index (χ0v) is 13.1. The summed E-state index contributed by atoms with van der Waals surface area (Å²) in [5, 5.41) is 17.6. The highest BCUT2D eigenvalue weighted by Gasteiger charge is 2.34. The molecule has 1 atom stereocenters. The van der Waals surface area contributed by atoms with Gasteiger partial charge in [-0.2, -0.15) is 5.10 Å². The lowest BCUT2D eigenvalue weighted by Crippen LogP contribution is -2.54. The molecule has 7 nitrogen and oxygen atoms in total. The lowest BCUT2D eigenvalue weighted by atomic mass is 9.92. The normalized spacial score (nSPS) is 21.2. The number of piperidine rings is 1. The lowest BCUT2D eigenvalue weighted by Gasteiger charge is -2.39. The predicted molar refractivity (Wildman–Crippen MR) is 86.2 cm³/mol. The fraction of sp³-hybridized carbons (Fsp3) is 0.438. The Labute approximate surface area is 134 Å². The smallest absolute Gasteiger partial charge is 0.254 e. The van der Waals surface area contributed by atoms with Crippen LogP contribution in [0.3, 0.4) is 0 Å². The van der Waals surface area contributed by atoms with Gasteiger partial charge >= 0.3 is 0 Å². The number of nitrogens with one attached hydrogen (secondary N) is 1. The van der Waals surface area contributed by atoms with E-state index in [2.05, 4.69) is 20.3 Å². The number of anilines is 1. The first-order valence-corrected chi connectivity index (χ1v) is 7.71. The van der Waals surface area contributed by atoms with Crippen LogP contribution >= 0.6 is 0 Å². The van der Waals surface area contributed by atoms with E-state index in [1.54, 1.807) is 24.1 Å². The predicted octanol–water partition coefficient (Wildman–Crippen LogP) is 0.576. The summed E-state index contributed by atoms with van der Waals surface area (Å²) in [7, 11) is 1.76. The summed E-state index contributed by atoms with van der Waals surface area (Å²) in [6, 6.07) is 5.73. The van der Waals surface area contributed by atoms with Gasteiger partial charge in [0.2, 0.25) is 0 Å². The maximum Gasteiger partial charge on any atom is 0.254 e. The molecule has 1 amide bonds. The molecule has 3 heterocycles. The van der Waals surface area contributed by atoms with E-state index in [4.69, 9.17) is 0 Å². The Bertz CT molecular complexity index is 672. The van der Waals surface area contributed by atoms with Crippen LogP contribution in [0.15, 0.2) is 36.8 Å². The van der Waals surface area contributed by atoms with Crippen molar-refractivity contribution in [1.82, 2.24) is 20.1 Å². The van der Waals surface area contributed by atoms with Crippen LogP contribution in [0, 0.1) is 0 Å². The first-order valence-electron chi connectivity index (χ1n) is 7.71. The molecule has 2 aromatic heterocycles. The third-order valence-electron chi connectivity index (χ3n) is 4.07. The van der Waals surface area contributed by atoms with Crippen molar-refractivity contribution in [2.75, 3.05) is 24.5 Å². The summed E-state index contributed by atoms with van der Waals surface area (Å²) in [6.45, 7) is 1.53. The van der Waals surface area contributed by atoms with E-state index in [1.807, 2.05) is 18.2 Å². The average molecular weight is 315 g/mol. The van der Waals surface area contributed by atoms with E-state index >= 15 is 0 Å². The van der Waals surface area contributed by atoms with E-state index in [-0.39, 0.29) is 12.5 Å². The molecule has 0 radical (unpaired) electrons. The first-order chi connectivity index (χ1) is 11.1. The molecule has 0 aromatic carbocycles. The number of carbonyl (C=O) groups excluding carboxylic acids is 1. The molecule has 2 N–H and O–H groups in total. The number of amides is 1. The van der Waals surface area contributed by atoms with Gasteiger partial charge < -0.3 is 15.3 Å². The highest BCUT2D eigenvalue weighted by Crippen LogP contribution is 2.24. The minimum atomic E-state index is -0.951. The number of hydrogen-bond donors (Lipinski definition) is 2. The molecule has 7 heteroatoms. The van der Waals surface area contributed by atoms with Gasteiger partial charge in [-0.3, -0.25) is 9.48 Å². The number of aryl methyl sites for hydroxylation is 1. The number of pyridine rings is 1. The zero-order valence-electron chi connectivity index (χ0n) is 13.1. The molecule has 0 bridgehead atoms. The maximum absolute atomic E-state index is 12.1. The summed E-state index contributed by atoms with van der Waals surface area (Å²) in [6.07, 6.45) is 6.42. The maximum atomic E-state index is 12.1. The summed E-state index contributed by atoms with van der Waals surface area (Å²) < 4.78 is 1.58. The van der Waals surface area contributed by atoms with Crippen LogP contribution in [0.2, 0.25) is 0 Å². The van der Waals surface area contributed by atoms with Gasteiger partial charge in [-0.05, 0) is 25.0 Å². The van der Waals surface area contributed by atoms with Gasteiger partial charge in [-0.1, -0.05) is 6.07 Å². The van der Waals surface area contributed by atoms with Crippen LogP contribution in [-0.4, -0.2) is 51.0 Å². The number of aliphatic hydroxyl groups is 1. The third kappa shape index (κ3) is 3.68. The van der Waals surface area contributed by atoms with E-state index < -0.39 is 5.60 Å². The molecule has 0 unspecified atom stereocenters. The second-order valence-electron chi connectivity index (χ2n) is 6.02. The second-order valence-corrected chi connectivity index (χ2v) is 6.02. The number of hydrogen-bond acceptors (Lipinski definition) is 5. The van der Waals surface area contributed by atoms with Crippen LogP contribution in [0.5, 0.6) is 0 Å². The molecule has 23 heavy (non-hydrogen) atoms. The molecule has 2 aromatic rings. The molecule has 3 rings (SSSR count). The highest BCUT2D eigenvalue weighted by atomic mass is 16.3. The molecule has 0 aliphatic carbocycles. The quantitative estimate of drug-likeness (QED) is 0.862. The summed E-state index contributed by atoms with van der Waals surface area (Å²) in [5.41, 5.74) is -0.457. The molecule has 1 aliphatic heterocycles. The Balaban J connectivity index is 1.61. The largest absolute Gasteiger partial charge is 0.386 e. The van der Waals surface area contributed by atoms with Crippen LogP contribution in [0.4, 0.5) is 5.82 Å². The second kappa shape index (κ2) is 6.37. The minimum Gasteiger partial charge on any atom is -0.386 e. The Morgan fingerprint density at radius 2 is 2.35 bits per heavy atom. The molecular weight excluding hydrogens is 294 g/mol. The van der Waals surface area contributed by atoms with Gasteiger partial charge in [0.15, 0.2) is 0 Å². The van der Waals surface area contributed by atoms with Gasteiger partial charge in [-0.15, -0.1) is 0 Å². The van der Waals surface area contributed by atoms with Gasteiger partial charge in [0.05, 0.1) is 17.4 Å². The number of carbonyl (C=O) groups is 1. The zero-order chi connectivity index (χ0) is 16.3. The van der Waals surface area contributed by atoms with Crippen molar-refractivity contribution in [2.24, 2.45) is 7.05 Å². The van der Waals surface area contributed by atoms with Crippen molar-refractivity contribution in [3.05, 3.63) is 42.4 Å². The summed E-state index contributed by atoms with van der Waals surface area (Å²) in [5.74, 6) is 0.630. The van der Waals surface area contributed by atoms with Crippen molar-refractivity contribution < 1.29 is 9.90 Å². The number of nitrogens with zero attached hydrogens (tertiary/aromatic N) is 4. The molecule has 0 spiro atoms. The van der Waals surface area contributed by atoms with Crippen molar-refractivity contribution in [2.45, 2.75) is 18.4 Å². The Morgan fingerprint density at radius 3 is 3.04 bits per heavy atom. The molecule has 122 valence electrons. The SMILES string of the molecule is Cn1cc(C(=O)NC[C@]2(O)CCCN(c3ccccn3)C2)cn1. The van der Waals surface area contributed by atoms with Crippen molar-refractivity contribution in [3.8, 4) is 0 Å². The fourth-order valence-electron chi connectivity index (χ4n) is 2.88. The van der Waals surface area contributed by atoms with Crippen molar-refractivity contribution in [1.29, 1.82) is 0 Å². The van der Waals surface area contributed by atoms with E-state index in [9.17, 15) is 9.90 Å². The first kappa shape index (κ1) is 15.5. The number of aromatic nitrogens is 3. The monoisotopic (exact) mass is 315 g/mol. The molecule has 0 saturated carbocycles. The molecule has 1 saturated heterocycles. The van der Waals surface area contributed by atoms with Crippen LogP contribution in [-0.2, 0) is 7.05 Å². The molecular formula is C16H21N5O2. The Hall–Kier alpha value is -2.41. The van der Waals surface area contributed by atoms with E-state index in [0.717, 1.165) is 18.8 Å². The van der Waals surface area contributed by atoms with Crippen LogP contribution in [0.1, 0.15) is 23.2 Å². The van der Waals surface area contributed by atoms with Crippen molar-refractivity contribution >= 4 is 11.7 Å². The summed E-state index contributed by atoms with van der Waals surface area (Å²) in [4.78, 5) is 18.5.